The number of halogens is 2. The van der Waals surface area contributed by atoms with Crippen LogP contribution in [-0.2, 0) is 34.7 Å². The molecule has 0 spiro atoms. The minimum Gasteiger partial charge on any atom is -0.468 e. The van der Waals surface area contributed by atoms with Gasteiger partial charge in [-0.3, -0.25) is 18.8 Å². The van der Waals surface area contributed by atoms with Crippen molar-refractivity contribution in [3.05, 3.63) is 75.4 Å². The van der Waals surface area contributed by atoms with Gasteiger partial charge in [0.15, 0.2) is 0 Å². The summed E-state index contributed by atoms with van der Waals surface area (Å²) in [4.78, 5) is 49.4. The molecule has 12 heteroatoms. The van der Waals surface area contributed by atoms with Gasteiger partial charge in [-0.1, -0.05) is 47.5 Å². The number of carbonyl (C=O) groups excluding carboxylic acids is 3. The van der Waals surface area contributed by atoms with Crippen molar-refractivity contribution in [2.75, 3.05) is 53.2 Å². The molecule has 0 bridgehead atoms. The number of likely N-dealkylation sites (N-methyl/N-ethyl adjacent to an activating group) is 1. The van der Waals surface area contributed by atoms with E-state index in [0.717, 1.165) is 0 Å². The molecule has 218 valence electrons. The Bertz CT molecular complexity index is 1390. The fourth-order valence-electron chi connectivity index (χ4n) is 5.08. The Hall–Kier alpha value is -3.05. The molecule has 0 radical (unpaired) electrons. The number of hydrogen-bond donors (Lipinski definition) is 0. The van der Waals surface area contributed by atoms with E-state index in [1.807, 2.05) is 7.05 Å². The molecule has 2 aliphatic rings. The lowest BCUT2D eigenvalue weighted by Crippen LogP contribution is -2.48. The minimum atomic E-state index is -1.62. The van der Waals surface area contributed by atoms with E-state index in [2.05, 4.69) is 4.90 Å². The lowest BCUT2D eigenvalue weighted by atomic mass is 9.74. The van der Waals surface area contributed by atoms with Gasteiger partial charge < -0.3 is 19.3 Å². The van der Waals surface area contributed by atoms with Crippen LogP contribution >= 0.6 is 23.2 Å². The normalized spacial score (nSPS) is 20.3. The average molecular weight is 621 g/mol. The molecule has 2 aromatic carbocycles. The van der Waals surface area contributed by atoms with Crippen molar-refractivity contribution in [2.24, 2.45) is 10.9 Å². The molecule has 2 aromatic rings. The maximum Gasteiger partial charge on any atom is 0.336 e. The van der Waals surface area contributed by atoms with Gasteiger partial charge in [-0.15, -0.1) is 0 Å². The van der Waals surface area contributed by atoms with Gasteiger partial charge in [-0.25, -0.2) is 4.79 Å². The van der Waals surface area contributed by atoms with Crippen molar-refractivity contribution < 1.29 is 28.1 Å². The van der Waals surface area contributed by atoms with Crippen LogP contribution in [0.25, 0.3) is 0 Å². The zero-order valence-electron chi connectivity index (χ0n) is 23.0. The molecular formula is C29H31Cl2N3O6S. The molecule has 9 nitrogen and oxygen atoms in total. The Balaban J connectivity index is 1.90. The number of rotatable bonds is 8. The third-order valence-electron chi connectivity index (χ3n) is 7.23. The SMILES string of the molecule is COC(=O)C1=C(C[S@](=O)c2ccccc2)N=C(CC(=O)N2CCN(C)CC2)C(C(=O)OC)[C@@H]1c1c(Cl)cccc1Cl. The molecule has 1 fully saturated rings. The van der Waals surface area contributed by atoms with Gasteiger partial charge in [-0.05, 0) is 36.9 Å². The zero-order valence-corrected chi connectivity index (χ0v) is 25.3. The largest absolute Gasteiger partial charge is 0.468 e. The first-order valence-corrected chi connectivity index (χ1v) is 15.0. The van der Waals surface area contributed by atoms with Crippen molar-refractivity contribution in [1.29, 1.82) is 0 Å². The summed E-state index contributed by atoms with van der Waals surface area (Å²) in [7, 11) is 2.79. The molecule has 41 heavy (non-hydrogen) atoms. The molecule has 3 atom stereocenters. The summed E-state index contributed by atoms with van der Waals surface area (Å²) in [5, 5.41) is 0.404. The Labute approximate surface area is 251 Å². The van der Waals surface area contributed by atoms with E-state index in [-0.39, 0.29) is 50.7 Å². The van der Waals surface area contributed by atoms with E-state index in [9.17, 15) is 18.6 Å². The number of ether oxygens (including phenoxy) is 2. The highest BCUT2D eigenvalue weighted by Crippen LogP contribution is 2.46. The number of esters is 2. The van der Waals surface area contributed by atoms with Crippen molar-refractivity contribution in [3.8, 4) is 0 Å². The first kappa shape index (κ1) is 30.9. The van der Waals surface area contributed by atoms with Gasteiger partial charge >= 0.3 is 11.9 Å². The number of methoxy groups -OCH3 is 2. The van der Waals surface area contributed by atoms with E-state index >= 15 is 0 Å². The third-order valence-corrected chi connectivity index (χ3v) is 9.22. The Morgan fingerprint density at radius 1 is 0.951 bits per heavy atom. The predicted octanol–water partition coefficient (Wildman–Crippen LogP) is 3.72. The number of piperazine rings is 1. The highest BCUT2D eigenvalue weighted by Gasteiger charge is 2.46. The Kier molecular flexibility index (Phi) is 10.4. The average Bonchev–Trinajstić information content (AvgIpc) is 2.97. The molecule has 0 N–H and O–H groups in total. The summed E-state index contributed by atoms with van der Waals surface area (Å²) in [6.07, 6.45) is -0.210. The molecule has 0 aromatic heterocycles. The van der Waals surface area contributed by atoms with Crippen molar-refractivity contribution in [2.45, 2.75) is 17.2 Å². The lowest BCUT2D eigenvalue weighted by Gasteiger charge is -2.35. The number of amides is 1. The molecule has 1 amide bonds. The third kappa shape index (κ3) is 6.89. The molecule has 1 unspecified atom stereocenters. The van der Waals surface area contributed by atoms with Crippen molar-refractivity contribution >= 4 is 57.6 Å². The number of hydrogen-bond acceptors (Lipinski definition) is 8. The topological polar surface area (TPSA) is 106 Å². The predicted molar refractivity (Wildman–Crippen MR) is 158 cm³/mol. The molecular weight excluding hydrogens is 589 g/mol. The van der Waals surface area contributed by atoms with Crippen LogP contribution in [0.5, 0.6) is 0 Å². The molecule has 4 rings (SSSR count). The molecule has 0 saturated carbocycles. The number of carbonyl (C=O) groups is 3. The zero-order chi connectivity index (χ0) is 29.7. The second kappa shape index (κ2) is 13.7. The quantitative estimate of drug-likeness (QED) is 0.415. The monoisotopic (exact) mass is 619 g/mol. The standard InChI is InChI=1S/C29H31Cl2N3O6S/c1-33-12-14-34(15-13-33)23(35)16-21-25(28(36)39-2)27(24-19(30)10-7-11-20(24)31)26(29(37)40-3)22(32-21)17-41(38)18-8-5-4-6-9-18/h4-11,25,27H,12-17H2,1-3H3/t25?,27-,41-/m0/s1. The van der Waals surface area contributed by atoms with Crippen LogP contribution in [0.15, 0.2) is 69.7 Å². The summed E-state index contributed by atoms with van der Waals surface area (Å²) in [5.74, 6) is -4.22. The molecule has 1 saturated heterocycles. The summed E-state index contributed by atoms with van der Waals surface area (Å²) < 4.78 is 23.8. The van der Waals surface area contributed by atoms with E-state index in [1.54, 1.807) is 53.4 Å². The highest BCUT2D eigenvalue weighted by molar-refractivity contribution is 7.85. The summed E-state index contributed by atoms with van der Waals surface area (Å²) in [6, 6.07) is 13.6. The molecule has 0 aliphatic carbocycles. The van der Waals surface area contributed by atoms with Gasteiger partial charge in [0.1, 0.15) is 5.92 Å². The van der Waals surface area contributed by atoms with E-state index < -0.39 is 34.6 Å². The first-order chi connectivity index (χ1) is 19.7. The van der Waals surface area contributed by atoms with Crippen LogP contribution in [0.1, 0.15) is 17.9 Å². The minimum absolute atomic E-state index is 0.0158. The second-order valence-electron chi connectivity index (χ2n) is 9.73. The van der Waals surface area contributed by atoms with Crippen LogP contribution in [0.4, 0.5) is 0 Å². The van der Waals surface area contributed by atoms with Gasteiger partial charge in [0.05, 0.1) is 48.5 Å². The van der Waals surface area contributed by atoms with E-state index in [0.29, 0.717) is 31.1 Å². The fourth-order valence-corrected chi connectivity index (χ4v) is 6.80. The number of benzene rings is 2. The number of aliphatic imine (C=N–C) groups is 1. The van der Waals surface area contributed by atoms with Crippen LogP contribution in [0, 0.1) is 5.92 Å². The number of nitrogens with zero attached hydrogens (tertiary/aromatic N) is 3. The smallest absolute Gasteiger partial charge is 0.336 e. The van der Waals surface area contributed by atoms with Crippen LogP contribution in [0.3, 0.4) is 0 Å². The van der Waals surface area contributed by atoms with Gasteiger partial charge in [0.25, 0.3) is 0 Å². The fraction of sp³-hybridized carbons (Fsp3) is 0.379. The van der Waals surface area contributed by atoms with E-state index in [1.165, 1.54) is 14.2 Å². The van der Waals surface area contributed by atoms with Crippen LogP contribution in [0.2, 0.25) is 10.0 Å². The Morgan fingerprint density at radius 2 is 1.59 bits per heavy atom. The lowest BCUT2D eigenvalue weighted by molar-refractivity contribution is -0.143. The Morgan fingerprint density at radius 3 is 2.17 bits per heavy atom. The maximum absolute atomic E-state index is 13.5. The van der Waals surface area contributed by atoms with Crippen LogP contribution < -0.4 is 0 Å². The van der Waals surface area contributed by atoms with E-state index in [4.69, 9.17) is 37.7 Å². The highest BCUT2D eigenvalue weighted by atomic mass is 35.5. The van der Waals surface area contributed by atoms with Gasteiger partial charge in [0.2, 0.25) is 5.91 Å². The van der Waals surface area contributed by atoms with Gasteiger partial charge in [-0.2, -0.15) is 0 Å². The van der Waals surface area contributed by atoms with Gasteiger partial charge in [0, 0.05) is 52.7 Å². The summed E-state index contributed by atoms with van der Waals surface area (Å²) in [6.45, 7) is 2.48. The summed E-state index contributed by atoms with van der Waals surface area (Å²) >= 11 is 13.3. The van der Waals surface area contributed by atoms with Crippen molar-refractivity contribution in [3.63, 3.8) is 0 Å². The first-order valence-electron chi connectivity index (χ1n) is 13.0. The molecule has 2 heterocycles. The molecule has 2 aliphatic heterocycles. The van der Waals surface area contributed by atoms with Crippen LogP contribution in [-0.4, -0.2) is 90.8 Å². The van der Waals surface area contributed by atoms with Crippen molar-refractivity contribution in [1.82, 2.24) is 9.80 Å². The maximum atomic E-state index is 13.5. The second-order valence-corrected chi connectivity index (χ2v) is 12.0. The summed E-state index contributed by atoms with van der Waals surface area (Å²) in [5.41, 5.74) is 0.572.